The van der Waals surface area contributed by atoms with Gasteiger partial charge in [-0.05, 0) is 12.1 Å². The minimum absolute atomic E-state index is 0.0441. The molecule has 3 rings (SSSR count). The summed E-state index contributed by atoms with van der Waals surface area (Å²) < 4.78 is 18.9. The normalized spacial score (nSPS) is 21.6. The first-order valence-electron chi connectivity index (χ1n) is 8.58. The molecule has 0 saturated carbocycles. The first-order chi connectivity index (χ1) is 12.1. The van der Waals surface area contributed by atoms with Crippen molar-refractivity contribution in [2.24, 2.45) is 0 Å². The molecule has 1 N–H and O–H groups in total. The van der Waals surface area contributed by atoms with Crippen LogP contribution >= 0.6 is 0 Å². The maximum Gasteiger partial charge on any atom is 0.226 e. The second-order valence-electron chi connectivity index (χ2n) is 6.37. The summed E-state index contributed by atoms with van der Waals surface area (Å²) >= 11 is 0. The third kappa shape index (κ3) is 4.96. The van der Waals surface area contributed by atoms with E-state index in [2.05, 4.69) is 15.2 Å². The molecule has 0 aromatic carbocycles. The van der Waals surface area contributed by atoms with Crippen molar-refractivity contribution in [2.75, 3.05) is 45.9 Å². The Morgan fingerprint density at radius 1 is 1.36 bits per heavy atom. The van der Waals surface area contributed by atoms with E-state index in [4.69, 9.17) is 4.74 Å². The molecular formula is C17H23FN4O3. The van der Waals surface area contributed by atoms with Crippen LogP contribution in [0, 0.1) is 5.82 Å². The van der Waals surface area contributed by atoms with E-state index in [1.165, 1.54) is 18.3 Å². The zero-order valence-corrected chi connectivity index (χ0v) is 14.1. The zero-order valence-electron chi connectivity index (χ0n) is 14.1. The fraction of sp³-hybridized carbons (Fsp3) is 0.588. The third-order valence-electron chi connectivity index (χ3n) is 4.53. The van der Waals surface area contributed by atoms with Gasteiger partial charge in [-0.1, -0.05) is 0 Å². The van der Waals surface area contributed by atoms with Gasteiger partial charge >= 0.3 is 0 Å². The number of hydrogen-bond acceptors (Lipinski definition) is 5. The summed E-state index contributed by atoms with van der Waals surface area (Å²) in [6.45, 7) is 5.21. The number of ether oxygens (including phenoxy) is 1. The number of hydrogen-bond donors (Lipinski definition) is 1. The smallest absolute Gasteiger partial charge is 0.226 e. The number of likely N-dealkylation sites (tertiary alicyclic amines) is 1. The minimum Gasteiger partial charge on any atom is -0.379 e. The molecule has 8 heteroatoms. The maximum absolute atomic E-state index is 13.5. The number of amides is 2. The van der Waals surface area contributed by atoms with Crippen LogP contribution in [0.15, 0.2) is 18.3 Å². The quantitative estimate of drug-likeness (QED) is 0.770. The standard InChI is InChI=1S/C17H23FN4O3/c18-14-2-1-3-19-15(14)11-16(23)20-13-10-17(24)22(12-13)5-4-21-6-8-25-9-7-21/h1-3,13H,4-12H2,(H,20,23). The molecule has 2 aliphatic rings. The van der Waals surface area contributed by atoms with Gasteiger partial charge in [0.1, 0.15) is 5.82 Å². The predicted octanol–water partition coefficient (Wildman–Crippen LogP) is -0.187. The Bertz CT molecular complexity index is 622. The molecular weight excluding hydrogens is 327 g/mol. The molecule has 2 saturated heterocycles. The Hall–Kier alpha value is -2.06. The summed E-state index contributed by atoms with van der Waals surface area (Å²) in [6, 6.07) is 2.54. The molecule has 0 bridgehead atoms. The van der Waals surface area contributed by atoms with E-state index in [0.29, 0.717) is 19.5 Å². The highest BCUT2D eigenvalue weighted by atomic mass is 19.1. The van der Waals surface area contributed by atoms with Crippen LogP contribution in [0.4, 0.5) is 4.39 Å². The molecule has 3 heterocycles. The number of carbonyl (C=O) groups is 2. The Labute approximate surface area is 146 Å². The van der Waals surface area contributed by atoms with E-state index in [0.717, 1.165) is 32.8 Å². The summed E-state index contributed by atoms with van der Waals surface area (Å²) in [5.41, 5.74) is 0.119. The number of nitrogens with one attached hydrogen (secondary N) is 1. The number of aromatic nitrogens is 1. The molecule has 136 valence electrons. The molecule has 7 nitrogen and oxygen atoms in total. The highest BCUT2D eigenvalue weighted by Gasteiger charge is 2.30. The molecule has 0 aliphatic carbocycles. The summed E-state index contributed by atoms with van der Waals surface area (Å²) in [4.78, 5) is 32.1. The van der Waals surface area contributed by atoms with Crippen molar-refractivity contribution in [3.8, 4) is 0 Å². The predicted molar refractivity (Wildman–Crippen MR) is 88.3 cm³/mol. The second-order valence-corrected chi connectivity index (χ2v) is 6.37. The van der Waals surface area contributed by atoms with Gasteiger partial charge in [-0.2, -0.15) is 0 Å². The topological polar surface area (TPSA) is 74.8 Å². The number of morpholine rings is 1. The van der Waals surface area contributed by atoms with Gasteiger partial charge in [0.2, 0.25) is 11.8 Å². The van der Waals surface area contributed by atoms with Gasteiger partial charge < -0.3 is 15.0 Å². The molecule has 2 fully saturated rings. The molecule has 25 heavy (non-hydrogen) atoms. The second kappa shape index (κ2) is 8.35. The fourth-order valence-corrected chi connectivity index (χ4v) is 3.15. The summed E-state index contributed by atoms with van der Waals surface area (Å²) in [6.07, 6.45) is 1.63. The van der Waals surface area contributed by atoms with Crippen molar-refractivity contribution in [2.45, 2.75) is 18.9 Å². The van der Waals surface area contributed by atoms with Crippen LogP contribution in [-0.2, 0) is 20.7 Å². The van der Waals surface area contributed by atoms with Gasteiger partial charge in [-0.25, -0.2) is 4.39 Å². The Balaban J connectivity index is 1.44. The van der Waals surface area contributed by atoms with E-state index < -0.39 is 5.82 Å². The lowest BCUT2D eigenvalue weighted by atomic mass is 10.2. The largest absolute Gasteiger partial charge is 0.379 e. The van der Waals surface area contributed by atoms with Crippen LogP contribution in [0.3, 0.4) is 0 Å². The lowest BCUT2D eigenvalue weighted by Gasteiger charge is -2.28. The van der Waals surface area contributed by atoms with E-state index in [1.54, 1.807) is 4.90 Å². The van der Waals surface area contributed by atoms with Crippen molar-refractivity contribution in [1.82, 2.24) is 20.1 Å². The van der Waals surface area contributed by atoms with Crippen molar-refractivity contribution >= 4 is 11.8 Å². The molecule has 2 aliphatic heterocycles. The number of halogens is 1. The average molecular weight is 350 g/mol. The molecule has 1 aromatic heterocycles. The van der Waals surface area contributed by atoms with E-state index in [1.807, 2.05) is 0 Å². The minimum atomic E-state index is -0.493. The number of pyridine rings is 1. The molecule has 1 unspecified atom stereocenters. The van der Waals surface area contributed by atoms with Gasteiger partial charge in [0.25, 0.3) is 0 Å². The Morgan fingerprint density at radius 2 is 2.16 bits per heavy atom. The van der Waals surface area contributed by atoms with Gasteiger partial charge in [0.05, 0.1) is 31.4 Å². The highest BCUT2D eigenvalue weighted by molar-refractivity contribution is 5.83. The summed E-state index contributed by atoms with van der Waals surface area (Å²) in [5.74, 6) is -0.764. The fourth-order valence-electron chi connectivity index (χ4n) is 3.15. The van der Waals surface area contributed by atoms with Crippen molar-refractivity contribution in [3.63, 3.8) is 0 Å². The summed E-state index contributed by atoms with van der Waals surface area (Å²) in [7, 11) is 0. The van der Waals surface area contributed by atoms with E-state index in [9.17, 15) is 14.0 Å². The summed E-state index contributed by atoms with van der Waals surface area (Å²) in [5, 5.41) is 2.81. The molecule has 1 atom stereocenters. The van der Waals surface area contributed by atoms with Crippen LogP contribution < -0.4 is 5.32 Å². The van der Waals surface area contributed by atoms with Crippen LogP contribution in [0.25, 0.3) is 0 Å². The highest BCUT2D eigenvalue weighted by Crippen LogP contribution is 2.12. The first-order valence-corrected chi connectivity index (χ1v) is 8.58. The third-order valence-corrected chi connectivity index (χ3v) is 4.53. The van der Waals surface area contributed by atoms with Crippen LogP contribution in [-0.4, -0.2) is 78.6 Å². The Kier molecular flexibility index (Phi) is 5.93. The molecule has 0 radical (unpaired) electrons. The van der Waals surface area contributed by atoms with E-state index in [-0.39, 0.29) is 30.0 Å². The lowest BCUT2D eigenvalue weighted by Crippen LogP contribution is -2.43. The van der Waals surface area contributed by atoms with Crippen molar-refractivity contribution in [1.29, 1.82) is 0 Å². The number of rotatable bonds is 6. The van der Waals surface area contributed by atoms with Gasteiger partial charge in [0, 0.05) is 45.3 Å². The Morgan fingerprint density at radius 3 is 2.92 bits per heavy atom. The van der Waals surface area contributed by atoms with Gasteiger partial charge in [-0.15, -0.1) is 0 Å². The van der Waals surface area contributed by atoms with Gasteiger partial charge in [0.15, 0.2) is 0 Å². The van der Waals surface area contributed by atoms with Crippen LogP contribution in [0.2, 0.25) is 0 Å². The lowest BCUT2D eigenvalue weighted by molar-refractivity contribution is -0.128. The average Bonchev–Trinajstić information content (AvgIpc) is 2.95. The zero-order chi connectivity index (χ0) is 17.6. The van der Waals surface area contributed by atoms with Crippen LogP contribution in [0.5, 0.6) is 0 Å². The SMILES string of the molecule is O=C(Cc1ncccc1F)NC1CC(=O)N(CCN2CCOCC2)C1. The molecule has 0 spiro atoms. The van der Waals surface area contributed by atoms with E-state index >= 15 is 0 Å². The van der Waals surface area contributed by atoms with Crippen molar-refractivity contribution < 1.29 is 18.7 Å². The first kappa shape index (κ1) is 17.8. The monoisotopic (exact) mass is 350 g/mol. The number of nitrogens with zero attached hydrogens (tertiary/aromatic N) is 3. The molecule has 2 amide bonds. The number of carbonyl (C=O) groups excluding carboxylic acids is 2. The van der Waals surface area contributed by atoms with Crippen LogP contribution in [0.1, 0.15) is 12.1 Å². The van der Waals surface area contributed by atoms with Gasteiger partial charge in [-0.3, -0.25) is 19.5 Å². The maximum atomic E-state index is 13.5. The van der Waals surface area contributed by atoms with Crippen molar-refractivity contribution in [3.05, 3.63) is 29.8 Å². The molecule has 1 aromatic rings.